The number of carboxylic acids is 1. The van der Waals surface area contributed by atoms with E-state index in [0.29, 0.717) is 23.6 Å². The Labute approximate surface area is 126 Å². The van der Waals surface area contributed by atoms with Crippen molar-refractivity contribution < 1.29 is 25.3 Å². The van der Waals surface area contributed by atoms with Crippen LogP contribution in [0.3, 0.4) is 0 Å². The fraction of sp³-hybridized carbons (Fsp3) is 0.583. The van der Waals surface area contributed by atoms with E-state index >= 15 is 0 Å². The van der Waals surface area contributed by atoms with Gasteiger partial charge in [0.2, 0.25) is 5.91 Å². The third-order valence-electron chi connectivity index (χ3n) is 3.49. The Bertz CT molecular complexity index is 491. The number of β-lactam (4-membered cyclic amide) rings is 1. The number of aliphatic hydroxyl groups excluding tert-OH is 1. The number of carbonyl (C=O) groups is 2. The monoisotopic (exact) mass is 317 g/mol. The van der Waals surface area contributed by atoms with Crippen molar-refractivity contribution in [2.45, 2.75) is 25.5 Å². The second-order valence-electron chi connectivity index (χ2n) is 4.73. The van der Waals surface area contributed by atoms with Crippen LogP contribution < -0.4 is 5.73 Å². The van der Waals surface area contributed by atoms with E-state index in [4.69, 9.17) is 5.73 Å². The molecule has 0 aromatic rings. The molecule has 9 heteroatoms. The Morgan fingerprint density at radius 1 is 1.67 bits per heavy atom. The summed E-state index contributed by atoms with van der Waals surface area (Å²) in [6.45, 7) is 2.05. The standard InChI is InChI=1S/C12H17N3O4S.H2O/c1-6(16)9-7-4-8(20-3-2-14-5-13)10(12(18)19)15(7)11(9)17;/h5-7,9,16H,2-4H2,1H3,(H2,13,14)(H,18,19);1H2/t6-,7-,9?;/m1./s1. The highest BCUT2D eigenvalue weighted by atomic mass is 32.2. The highest BCUT2D eigenvalue weighted by Crippen LogP contribution is 2.46. The van der Waals surface area contributed by atoms with Crippen molar-refractivity contribution in [1.29, 1.82) is 0 Å². The number of nitrogens with two attached hydrogens (primary N) is 1. The highest BCUT2D eigenvalue weighted by molar-refractivity contribution is 8.03. The van der Waals surface area contributed by atoms with Gasteiger partial charge in [-0.15, -0.1) is 11.8 Å². The maximum atomic E-state index is 11.9. The number of rotatable bonds is 6. The van der Waals surface area contributed by atoms with Crippen LogP contribution >= 0.6 is 11.8 Å². The SMILES string of the molecule is C[C@@H](O)C1C(=O)N2C(C(=O)O)=C(SCCN=CN)C[C@H]12.O. The molecule has 1 amide bonds. The molecular formula is C12H19N3O5S. The minimum Gasteiger partial charge on any atom is -0.477 e. The van der Waals surface area contributed by atoms with Crippen LogP contribution in [0.4, 0.5) is 0 Å². The van der Waals surface area contributed by atoms with Crippen molar-refractivity contribution in [3.8, 4) is 0 Å². The van der Waals surface area contributed by atoms with Crippen molar-refractivity contribution in [1.82, 2.24) is 4.90 Å². The van der Waals surface area contributed by atoms with E-state index in [-0.39, 0.29) is 23.1 Å². The first-order valence-electron chi connectivity index (χ1n) is 6.29. The highest BCUT2D eigenvalue weighted by Gasteiger charge is 2.56. The van der Waals surface area contributed by atoms with Crippen LogP contribution in [0.2, 0.25) is 0 Å². The van der Waals surface area contributed by atoms with Gasteiger partial charge in [-0.1, -0.05) is 0 Å². The van der Waals surface area contributed by atoms with Crippen LogP contribution in [-0.4, -0.2) is 63.2 Å². The normalized spacial score (nSPS) is 25.6. The lowest BCUT2D eigenvalue weighted by molar-refractivity contribution is -0.161. The predicted molar refractivity (Wildman–Crippen MR) is 78.7 cm³/mol. The molecule has 1 fully saturated rings. The second kappa shape index (κ2) is 6.92. The number of thioether (sulfide) groups is 1. The van der Waals surface area contributed by atoms with Crippen molar-refractivity contribution in [2.75, 3.05) is 12.3 Å². The van der Waals surface area contributed by atoms with Gasteiger partial charge in [0.1, 0.15) is 5.70 Å². The zero-order valence-corrected chi connectivity index (χ0v) is 12.3. The van der Waals surface area contributed by atoms with Gasteiger partial charge in [-0.25, -0.2) is 4.79 Å². The number of hydrogen-bond acceptors (Lipinski definition) is 5. The minimum absolute atomic E-state index is 0. The average molecular weight is 317 g/mol. The number of aliphatic hydroxyl groups is 1. The number of aliphatic imine (C=N–C) groups is 1. The first kappa shape index (κ1) is 17.5. The van der Waals surface area contributed by atoms with Crippen LogP contribution in [0.15, 0.2) is 15.6 Å². The van der Waals surface area contributed by atoms with E-state index in [1.54, 1.807) is 6.92 Å². The summed E-state index contributed by atoms with van der Waals surface area (Å²) in [6.07, 6.45) is 0.937. The van der Waals surface area contributed by atoms with Gasteiger partial charge in [0, 0.05) is 17.1 Å². The van der Waals surface area contributed by atoms with Gasteiger partial charge >= 0.3 is 5.97 Å². The summed E-state index contributed by atoms with van der Waals surface area (Å²) in [5, 5.41) is 18.9. The summed E-state index contributed by atoms with van der Waals surface area (Å²) >= 11 is 1.38. The molecule has 1 unspecified atom stereocenters. The van der Waals surface area contributed by atoms with Crippen LogP contribution in [0.1, 0.15) is 13.3 Å². The fourth-order valence-corrected chi connectivity index (χ4v) is 3.71. The Balaban J connectivity index is 0.00000220. The summed E-state index contributed by atoms with van der Waals surface area (Å²) in [4.78, 5) is 29.1. The molecule has 118 valence electrons. The molecule has 2 heterocycles. The summed E-state index contributed by atoms with van der Waals surface area (Å²) in [5.74, 6) is -1.30. The topological polar surface area (TPSA) is 148 Å². The Kier molecular flexibility index (Phi) is 5.76. The summed E-state index contributed by atoms with van der Waals surface area (Å²) in [7, 11) is 0. The number of carbonyl (C=O) groups excluding carboxylic acids is 1. The molecule has 2 aliphatic heterocycles. The lowest BCUT2D eigenvalue weighted by Gasteiger charge is -2.44. The number of amides is 1. The molecule has 0 spiro atoms. The van der Waals surface area contributed by atoms with Crippen LogP contribution in [-0.2, 0) is 9.59 Å². The van der Waals surface area contributed by atoms with E-state index in [1.165, 1.54) is 23.0 Å². The van der Waals surface area contributed by atoms with Crippen LogP contribution in [0.5, 0.6) is 0 Å². The summed E-state index contributed by atoms with van der Waals surface area (Å²) < 4.78 is 0. The molecular weight excluding hydrogens is 298 g/mol. The van der Waals surface area contributed by atoms with Crippen molar-refractivity contribution in [3.05, 3.63) is 10.6 Å². The maximum absolute atomic E-state index is 11.9. The molecule has 2 aliphatic rings. The van der Waals surface area contributed by atoms with E-state index in [9.17, 15) is 19.8 Å². The van der Waals surface area contributed by atoms with Gasteiger partial charge in [0.25, 0.3) is 0 Å². The second-order valence-corrected chi connectivity index (χ2v) is 5.92. The van der Waals surface area contributed by atoms with Crippen molar-refractivity contribution in [3.63, 3.8) is 0 Å². The van der Waals surface area contributed by atoms with Gasteiger partial charge < -0.3 is 26.3 Å². The first-order chi connectivity index (χ1) is 9.49. The Hall–Kier alpha value is -1.58. The summed E-state index contributed by atoms with van der Waals surface area (Å²) in [5.41, 5.74) is 5.19. The third-order valence-corrected chi connectivity index (χ3v) is 4.59. The maximum Gasteiger partial charge on any atom is 0.353 e. The molecule has 0 saturated carbocycles. The largest absolute Gasteiger partial charge is 0.477 e. The lowest BCUT2D eigenvalue weighted by Crippen LogP contribution is -2.61. The smallest absolute Gasteiger partial charge is 0.353 e. The molecule has 0 aliphatic carbocycles. The van der Waals surface area contributed by atoms with Crippen LogP contribution in [0, 0.1) is 5.92 Å². The number of fused-ring (bicyclic) bond motifs is 1. The number of hydrogen-bond donors (Lipinski definition) is 3. The quantitative estimate of drug-likeness (QED) is 0.242. The Morgan fingerprint density at radius 3 is 2.86 bits per heavy atom. The van der Waals surface area contributed by atoms with Crippen LogP contribution in [0.25, 0.3) is 0 Å². The van der Waals surface area contributed by atoms with E-state index in [1.807, 2.05) is 0 Å². The molecule has 8 nitrogen and oxygen atoms in total. The summed E-state index contributed by atoms with van der Waals surface area (Å²) in [6, 6.07) is -0.228. The van der Waals surface area contributed by atoms with Crippen molar-refractivity contribution in [2.24, 2.45) is 16.6 Å². The van der Waals surface area contributed by atoms with Gasteiger partial charge in [-0.2, -0.15) is 0 Å². The molecule has 21 heavy (non-hydrogen) atoms. The number of nitrogens with zero attached hydrogens (tertiary/aromatic N) is 2. The van der Waals surface area contributed by atoms with Gasteiger partial charge in [0.05, 0.1) is 30.9 Å². The molecule has 0 bridgehead atoms. The lowest BCUT2D eigenvalue weighted by atomic mass is 9.83. The van der Waals surface area contributed by atoms with Gasteiger partial charge in [-0.3, -0.25) is 9.79 Å². The van der Waals surface area contributed by atoms with E-state index in [2.05, 4.69) is 4.99 Å². The number of carboxylic acid groups (broad SMARTS) is 1. The molecule has 0 radical (unpaired) electrons. The number of aliphatic carboxylic acids is 1. The molecule has 0 aromatic carbocycles. The zero-order valence-electron chi connectivity index (χ0n) is 11.5. The first-order valence-corrected chi connectivity index (χ1v) is 7.28. The molecule has 6 N–H and O–H groups in total. The predicted octanol–water partition coefficient (Wildman–Crippen LogP) is -1.21. The molecule has 3 atom stereocenters. The fourth-order valence-electron chi connectivity index (χ4n) is 2.66. The third kappa shape index (κ3) is 3.04. The van der Waals surface area contributed by atoms with Crippen molar-refractivity contribution >= 4 is 30.0 Å². The minimum atomic E-state index is -1.10. The van der Waals surface area contributed by atoms with E-state index in [0.717, 1.165) is 0 Å². The van der Waals surface area contributed by atoms with E-state index < -0.39 is 18.0 Å². The Morgan fingerprint density at radius 2 is 2.33 bits per heavy atom. The molecule has 2 rings (SSSR count). The molecule has 1 saturated heterocycles. The van der Waals surface area contributed by atoms with Gasteiger partial charge in [0.15, 0.2) is 0 Å². The zero-order chi connectivity index (χ0) is 14.9. The van der Waals surface area contributed by atoms with Gasteiger partial charge in [-0.05, 0) is 6.92 Å². The molecule has 0 aromatic heterocycles. The average Bonchev–Trinajstić information content (AvgIpc) is 2.69.